The van der Waals surface area contributed by atoms with Gasteiger partial charge in [0.25, 0.3) is 5.91 Å². The van der Waals surface area contributed by atoms with Gasteiger partial charge in [-0.25, -0.2) is 0 Å². The number of methoxy groups -OCH3 is 1. The van der Waals surface area contributed by atoms with Gasteiger partial charge in [-0.15, -0.1) is 11.3 Å². The minimum absolute atomic E-state index is 0.00391. The molecule has 1 amide bonds. The van der Waals surface area contributed by atoms with Crippen LogP contribution in [-0.2, 0) is 11.2 Å². The molecule has 32 heavy (non-hydrogen) atoms. The lowest BCUT2D eigenvalue weighted by molar-refractivity contribution is -0.129. The van der Waals surface area contributed by atoms with Crippen LogP contribution in [0.25, 0.3) is 0 Å². The van der Waals surface area contributed by atoms with Crippen molar-refractivity contribution < 1.29 is 24.5 Å². The van der Waals surface area contributed by atoms with Gasteiger partial charge >= 0.3 is 0 Å². The molecule has 3 aromatic rings. The molecule has 0 fully saturated rings. The molecule has 0 bridgehead atoms. The van der Waals surface area contributed by atoms with E-state index in [2.05, 4.69) is 15.9 Å². The second kappa shape index (κ2) is 9.18. The van der Waals surface area contributed by atoms with Crippen LogP contribution in [0.4, 0.5) is 0 Å². The maximum atomic E-state index is 13.3. The van der Waals surface area contributed by atoms with Gasteiger partial charge in [-0.3, -0.25) is 9.59 Å². The van der Waals surface area contributed by atoms with E-state index in [1.165, 1.54) is 23.3 Å². The smallest absolute Gasteiger partial charge is 0.290 e. The summed E-state index contributed by atoms with van der Waals surface area (Å²) in [6.07, 6.45) is 0.538. The van der Waals surface area contributed by atoms with Gasteiger partial charge in [-0.05, 0) is 51.0 Å². The van der Waals surface area contributed by atoms with E-state index in [9.17, 15) is 19.8 Å². The van der Waals surface area contributed by atoms with Crippen molar-refractivity contribution in [2.45, 2.75) is 12.5 Å². The van der Waals surface area contributed by atoms with Crippen LogP contribution >= 0.6 is 27.3 Å². The van der Waals surface area contributed by atoms with Gasteiger partial charge in [0.2, 0.25) is 5.78 Å². The standard InChI is InChI=1S/C24H20BrNO5S/c1-31-16-10-9-15(19(25)21(16)27)20-18(22(28)17-8-5-13-32-17)23(29)24(30)26(20)12-11-14-6-3-2-4-7-14/h2-10,13,20,27,29H,11-12H2,1H3. The zero-order valence-electron chi connectivity index (χ0n) is 17.1. The number of ketones is 1. The van der Waals surface area contributed by atoms with E-state index >= 15 is 0 Å². The largest absolute Gasteiger partial charge is 0.503 e. The molecule has 2 heterocycles. The number of rotatable bonds is 7. The fourth-order valence-electron chi connectivity index (χ4n) is 3.81. The summed E-state index contributed by atoms with van der Waals surface area (Å²) in [6, 6.07) is 15.4. The molecular formula is C24H20BrNO5S. The number of amides is 1. The Labute approximate surface area is 197 Å². The van der Waals surface area contributed by atoms with Crippen molar-refractivity contribution in [1.82, 2.24) is 4.90 Å². The van der Waals surface area contributed by atoms with E-state index in [0.29, 0.717) is 21.3 Å². The van der Waals surface area contributed by atoms with Crippen molar-refractivity contribution >= 4 is 39.0 Å². The van der Waals surface area contributed by atoms with Crippen molar-refractivity contribution in [3.63, 3.8) is 0 Å². The van der Waals surface area contributed by atoms with Crippen molar-refractivity contribution in [2.24, 2.45) is 0 Å². The third kappa shape index (κ3) is 3.91. The Morgan fingerprint density at radius 2 is 1.88 bits per heavy atom. The number of halogens is 1. The average Bonchev–Trinajstić information content (AvgIpc) is 3.42. The minimum Gasteiger partial charge on any atom is -0.503 e. The molecule has 8 heteroatoms. The quantitative estimate of drug-likeness (QED) is 0.432. The van der Waals surface area contributed by atoms with E-state index in [-0.39, 0.29) is 23.6 Å². The molecule has 164 valence electrons. The van der Waals surface area contributed by atoms with Gasteiger partial charge in [-0.1, -0.05) is 42.5 Å². The molecule has 2 aromatic carbocycles. The van der Waals surface area contributed by atoms with Crippen LogP contribution in [0.3, 0.4) is 0 Å². The Morgan fingerprint density at radius 1 is 1.12 bits per heavy atom. The molecule has 6 nitrogen and oxygen atoms in total. The summed E-state index contributed by atoms with van der Waals surface area (Å²) in [4.78, 5) is 28.3. The van der Waals surface area contributed by atoms with Crippen LogP contribution in [0.5, 0.6) is 11.5 Å². The molecule has 0 saturated heterocycles. The molecule has 1 atom stereocenters. The number of aliphatic hydroxyl groups excluding tert-OH is 1. The Morgan fingerprint density at radius 3 is 2.53 bits per heavy atom. The number of phenols is 1. The first-order valence-corrected chi connectivity index (χ1v) is 11.5. The summed E-state index contributed by atoms with van der Waals surface area (Å²) in [6.45, 7) is 0.276. The van der Waals surface area contributed by atoms with E-state index in [1.807, 2.05) is 30.3 Å². The summed E-state index contributed by atoms with van der Waals surface area (Å²) in [7, 11) is 1.43. The normalized spacial score (nSPS) is 16.0. The minimum atomic E-state index is -0.869. The first-order valence-electron chi connectivity index (χ1n) is 9.85. The van der Waals surface area contributed by atoms with Crippen LogP contribution in [-0.4, -0.2) is 40.5 Å². The van der Waals surface area contributed by atoms with E-state index in [4.69, 9.17) is 4.74 Å². The highest BCUT2D eigenvalue weighted by Gasteiger charge is 2.44. The lowest BCUT2D eigenvalue weighted by atomic mass is 9.94. The second-order valence-electron chi connectivity index (χ2n) is 7.23. The van der Waals surface area contributed by atoms with Gasteiger partial charge in [0, 0.05) is 6.54 Å². The van der Waals surface area contributed by atoms with Gasteiger partial charge in [-0.2, -0.15) is 0 Å². The first kappa shape index (κ1) is 22.1. The number of phenolic OH excluding ortho intramolecular Hbond substituents is 1. The van der Waals surface area contributed by atoms with Crippen molar-refractivity contribution in [3.05, 3.63) is 91.8 Å². The highest BCUT2D eigenvalue weighted by Crippen LogP contribution is 2.46. The maximum absolute atomic E-state index is 13.3. The predicted molar refractivity (Wildman–Crippen MR) is 125 cm³/mol. The van der Waals surface area contributed by atoms with E-state index < -0.39 is 23.5 Å². The van der Waals surface area contributed by atoms with Gasteiger partial charge in [0.1, 0.15) is 0 Å². The van der Waals surface area contributed by atoms with Crippen LogP contribution in [0, 0.1) is 0 Å². The number of Topliss-reactive ketones (excluding diaryl/α,β-unsaturated/α-hetero) is 1. The number of hydrogen-bond donors (Lipinski definition) is 2. The zero-order valence-corrected chi connectivity index (χ0v) is 19.5. The summed E-state index contributed by atoms with van der Waals surface area (Å²) < 4.78 is 5.46. The van der Waals surface area contributed by atoms with Crippen LogP contribution in [0.1, 0.15) is 26.8 Å². The number of thiophene rings is 1. The number of nitrogens with zero attached hydrogens (tertiary/aromatic N) is 1. The molecule has 4 rings (SSSR count). The topological polar surface area (TPSA) is 87.1 Å². The van der Waals surface area contributed by atoms with Crippen LogP contribution < -0.4 is 4.74 Å². The number of benzene rings is 2. The maximum Gasteiger partial charge on any atom is 0.290 e. The van der Waals surface area contributed by atoms with Crippen molar-refractivity contribution in [3.8, 4) is 11.5 Å². The number of carbonyl (C=O) groups is 2. The van der Waals surface area contributed by atoms with Gasteiger partial charge in [0.15, 0.2) is 17.3 Å². The Balaban J connectivity index is 1.79. The molecule has 0 spiro atoms. The van der Waals surface area contributed by atoms with Crippen LogP contribution in [0.15, 0.2) is 75.8 Å². The summed E-state index contributed by atoms with van der Waals surface area (Å²) >= 11 is 4.63. The van der Waals surface area contributed by atoms with E-state index in [0.717, 1.165) is 5.56 Å². The van der Waals surface area contributed by atoms with E-state index in [1.54, 1.807) is 29.6 Å². The lowest BCUT2D eigenvalue weighted by Gasteiger charge is -2.28. The summed E-state index contributed by atoms with van der Waals surface area (Å²) in [5, 5.41) is 23.1. The number of carbonyl (C=O) groups excluding carboxylic acids is 2. The highest BCUT2D eigenvalue weighted by atomic mass is 79.9. The SMILES string of the molecule is COc1ccc(C2C(C(=O)c3cccs3)=C(O)C(=O)N2CCc2ccccc2)c(Br)c1O. The third-order valence-corrected chi connectivity index (χ3v) is 7.10. The monoisotopic (exact) mass is 513 g/mol. The molecule has 0 radical (unpaired) electrons. The highest BCUT2D eigenvalue weighted by molar-refractivity contribution is 9.10. The fourth-order valence-corrected chi connectivity index (χ4v) is 5.03. The second-order valence-corrected chi connectivity index (χ2v) is 8.97. The summed E-state index contributed by atoms with van der Waals surface area (Å²) in [5.41, 5.74) is 1.50. The number of aromatic hydroxyl groups is 1. The predicted octanol–water partition coefficient (Wildman–Crippen LogP) is 5.05. The third-order valence-electron chi connectivity index (χ3n) is 5.40. The molecule has 0 saturated carbocycles. The average molecular weight is 514 g/mol. The zero-order chi connectivity index (χ0) is 22.8. The van der Waals surface area contributed by atoms with Crippen molar-refractivity contribution in [2.75, 3.05) is 13.7 Å². The molecule has 1 aliphatic heterocycles. The molecule has 2 N–H and O–H groups in total. The van der Waals surface area contributed by atoms with Gasteiger partial charge in [0.05, 0.1) is 28.1 Å². The lowest BCUT2D eigenvalue weighted by Crippen LogP contribution is -2.33. The molecule has 1 aliphatic rings. The fraction of sp³-hybridized carbons (Fsp3) is 0.167. The van der Waals surface area contributed by atoms with Crippen molar-refractivity contribution in [1.29, 1.82) is 0 Å². The Hall–Kier alpha value is -3.10. The molecule has 1 unspecified atom stereocenters. The molecule has 0 aliphatic carbocycles. The molecule has 1 aromatic heterocycles. The van der Waals surface area contributed by atoms with Gasteiger partial charge < -0.3 is 19.8 Å². The number of ether oxygens (including phenoxy) is 1. The Kier molecular flexibility index (Phi) is 6.34. The van der Waals surface area contributed by atoms with Crippen LogP contribution in [0.2, 0.25) is 0 Å². The number of aliphatic hydroxyl groups is 1. The summed E-state index contributed by atoms with van der Waals surface area (Å²) in [5.74, 6) is -1.49. The number of hydrogen-bond acceptors (Lipinski definition) is 6. The Bertz CT molecular complexity index is 1190. The molecular weight excluding hydrogens is 494 g/mol. The first-order chi connectivity index (χ1) is 15.4.